The number of amides is 1. The summed E-state index contributed by atoms with van der Waals surface area (Å²) in [7, 11) is 0. The van der Waals surface area contributed by atoms with Crippen molar-refractivity contribution < 1.29 is 14.3 Å². The molecular formula is C20H24N2O3. The molecule has 2 N–H and O–H groups in total. The van der Waals surface area contributed by atoms with Crippen LogP contribution in [0.5, 0.6) is 11.5 Å². The third-order valence-electron chi connectivity index (χ3n) is 4.17. The third-order valence-corrected chi connectivity index (χ3v) is 4.17. The van der Waals surface area contributed by atoms with Crippen LogP contribution in [0.3, 0.4) is 0 Å². The number of carbonyl (C=O) groups is 1. The first-order valence-corrected chi connectivity index (χ1v) is 8.74. The number of hydrogen-bond acceptors (Lipinski definition) is 4. The molecular weight excluding hydrogens is 316 g/mol. The third kappa shape index (κ3) is 5.22. The number of rotatable bonds is 7. The summed E-state index contributed by atoms with van der Waals surface area (Å²) in [4.78, 5) is 12.4. The van der Waals surface area contributed by atoms with Crippen molar-refractivity contribution in [2.75, 3.05) is 31.6 Å². The molecule has 2 aromatic rings. The zero-order valence-electron chi connectivity index (χ0n) is 14.2. The predicted octanol–water partition coefficient (Wildman–Crippen LogP) is 3.08. The molecule has 1 aliphatic rings. The van der Waals surface area contributed by atoms with Crippen molar-refractivity contribution in [3.05, 3.63) is 54.6 Å². The minimum absolute atomic E-state index is 0.0169. The molecule has 5 nitrogen and oxygen atoms in total. The van der Waals surface area contributed by atoms with Crippen LogP contribution in [-0.4, -0.2) is 32.2 Å². The number of carbonyl (C=O) groups excluding carboxylic acids is 1. The van der Waals surface area contributed by atoms with Crippen molar-refractivity contribution >= 4 is 11.6 Å². The zero-order chi connectivity index (χ0) is 17.3. The van der Waals surface area contributed by atoms with E-state index in [1.165, 1.54) is 0 Å². The van der Waals surface area contributed by atoms with Gasteiger partial charge < -0.3 is 20.1 Å². The Morgan fingerprint density at radius 3 is 2.60 bits per heavy atom. The summed E-state index contributed by atoms with van der Waals surface area (Å²) in [5.74, 6) is 1.54. The Bertz CT molecular complexity index is 670. The number of piperidine rings is 1. The van der Waals surface area contributed by atoms with Crippen molar-refractivity contribution in [3.63, 3.8) is 0 Å². The Kier molecular flexibility index (Phi) is 6.29. The molecule has 1 heterocycles. The van der Waals surface area contributed by atoms with Crippen LogP contribution in [0.25, 0.3) is 0 Å². The van der Waals surface area contributed by atoms with Gasteiger partial charge >= 0.3 is 0 Å². The molecule has 0 aromatic heterocycles. The van der Waals surface area contributed by atoms with Crippen LogP contribution in [-0.2, 0) is 4.79 Å². The van der Waals surface area contributed by atoms with Crippen molar-refractivity contribution in [1.82, 2.24) is 5.32 Å². The van der Waals surface area contributed by atoms with Crippen molar-refractivity contribution in [1.29, 1.82) is 0 Å². The van der Waals surface area contributed by atoms with Gasteiger partial charge in [0.05, 0.1) is 11.6 Å². The van der Waals surface area contributed by atoms with Gasteiger partial charge in [-0.25, -0.2) is 0 Å². The van der Waals surface area contributed by atoms with Crippen LogP contribution in [0.4, 0.5) is 5.69 Å². The zero-order valence-corrected chi connectivity index (χ0v) is 14.2. The summed E-state index contributed by atoms with van der Waals surface area (Å²) in [6.45, 7) is 2.58. The molecule has 1 atom stereocenters. The molecule has 0 radical (unpaired) electrons. The molecule has 25 heavy (non-hydrogen) atoms. The number of hydrogen-bond donors (Lipinski definition) is 2. The molecule has 1 fully saturated rings. The average molecular weight is 340 g/mol. The molecule has 1 amide bonds. The van der Waals surface area contributed by atoms with E-state index in [0.29, 0.717) is 24.7 Å². The summed E-state index contributed by atoms with van der Waals surface area (Å²) in [6.07, 6.45) is 1.96. The minimum Gasteiger partial charge on any atom is -0.490 e. The summed E-state index contributed by atoms with van der Waals surface area (Å²) in [5, 5.41) is 6.26. The standard InChI is InChI=1S/C20H24N2O3/c23-20(16-7-6-12-21-15-16)22-18-10-4-5-11-19(18)25-14-13-24-17-8-2-1-3-9-17/h1-5,8-11,16,21H,6-7,12-15H2,(H,22,23)/t16-/m0/s1. The fourth-order valence-corrected chi connectivity index (χ4v) is 2.83. The fourth-order valence-electron chi connectivity index (χ4n) is 2.83. The lowest BCUT2D eigenvalue weighted by Crippen LogP contribution is -2.37. The van der Waals surface area contributed by atoms with E-state index in [4.69, 9.17) is 9.47 Å². The Labute approximate surface area is 148 Å². The molecule has 1 aliphatic heterocycles. The summed E-state index contributed by atoms with van der Waals surface area (Å²) in [6, 6.07) is 17.1. The first kappa shape index (κ1) is 17.3. The number of nitrogens with one attached hydrogen (secondary N) is 2. The van der Waals surface area contributed by atoms with Crippen LogP contribution in [0.15, 0.2) is 54.6 Å². The highest BCUT2D eigenvalue weighted by molar-refractivity contribution is 5.94. The molecule has 0 spiro atoms. The SMILES string of the molecule is O=C(Nc1ccccc1OCCOc1ccccc1)[C@H]1CCCNC1. The molecule has 0 saturated carbocycles. The van der Waals surface area contributed by atoms with Crippen molar-refractivity contribution in [2.24, 2.45) is 5.92 Å². The Hall–Kier alpha value is -2.53. The van der Waals surface area contributed by atoms with Crippen molar-refractivity contribution in [3.8, 4) is 11.5 Å². The minimum atomic E-state index is 0.0169. The summed E-state index contributed by atoms with van der Waals surface area (Å²) >= 11 is 0. The largest absolute Gasteiger partial charge is 0.490 e. The number of anilines is 1. The first-order valence-electron chi connectivity index (χ1n) is 8.74. The Morgan fingerprint density at radius 2 is 1.80 bits per heavy atom. The van der Waals surface area contributed by atoms with Gasteiger partial charge in [0, 0.05) is 6.54 Å². The molecule has 0 bridgehead atoms. The van der Waals surface area contributed by atoms with Gasteiger partial charge in [-0.3, -0.25) is 4.79 Å². The van der Waals surface area contributed by atoms with E-state index in [-0.39, 0.29) is 11.8 Å². The van der Waals surface area contributed by atoms with Gasteiger partial charge in [-0.15, -0.1) is 0 Å². The average Bonchev–Trinajstić information content (AvgIpc) is 2.68. The van der Waals surface area contributed by atoms with E-state index >= 15 is 0 Å². The summed E-state index contributed by atoms with van der Waals surface area (Å²) < 4.78 is 11.4. The maximum Gasteiger partial charge on any atom is 0.228 e. The predicted molar refractivity (Wildman–Crippen MR) is 98.1 cm³/mol. The van der Waals surface area contributed by atoms with Gasteiger partial charge in [0.15, 0.2) is 0 Å². The lowest BCUT2D eigenvalue weighted by Gasteiger charge is -2.22. The highest BCUT2D eigenvalue weighted by Crippen LogP contribution is 2.25. The van der Waals surface area contributed by atoms with E-state index in [2.05, 4.69) is 10.6 Å². The van der Waals surface area contributed by atoms with Gasteiger partial charge in [-0.1, -0.05) is 30.3 Å². The second kappa shape index (κ2) is 9.08. The topological polar surface area (TPSA) is 59.6 Å². The van der Waals surface area contributed by atoms with E-state index in [1.807, 2.05) is 54.6 Å². The second-order valence-corrected chi connectivity index (χ2v) is 6.04. The van der Waals surface area contributed by atoms with Crippen LogP contribution in [0, 0.1) is 5.92 Å². The lowest BCUT2D eigenvalue weighted by molar-refractivity contribution is -0.120. The van der Waals surface area contributed by atoms with Crippen molar-refractivity contribution in [2.45, 2.75) is 12.8 Å². The number of benzene rings is 2. The number of para-hydroxylation sites is 3. The molecule has 0 aliphatic carbocycles. The molecule has 1 saturated heterocycles. The highest BCUT2D eigenvalue weighted by Gasteiger charge is 2.21. The smallest absolute Gasteiger partial charge is 0.228 e. The molecule has 132 valence electrons. The lowest BCUT2D eigenvalue weighted by atomic mass is 9.99. The second-order valence-electron chi connectivity index (χ2n) is 6.04. The first-order chi connectivity index (χ1) is 12.3. The Morgan fingerprint density at radius 1 is 1.04 bits per heavy atom. The van der Waals surface area contributed by atoms with Gasteiger partial charge in [-0.05, 0) is 43.7 Å². The highest BCUT2D eigenvalue weighted by atomic mass is 16.5. The van der Waals surface area contributed by atoms with Gasteiger partial charge in [0.1, 0.15) is 24.7 Å². The van der Waals surface area contributed by atoms with Gasteiger partial charge in [-0.2, -0.15) is 0 Å². The Balaban J connectivity index is 1.50. The van der Waals surface area contributed by atoms with Crippen LogP contribution < -0.4 is 20.1 Å². The van der Waals surface area contributed by atoms with E-state index in [1.54, 1.807) is 0 Å². The summed E-state index contributed by atoms with van der Waals surface area (Å²) in [5.41, 5.74) is 0.706. The van der Waals surface area contributed by atoms with Gasteiger partial charge in [0.25, 0.3) is 0 Å². The maximum atomic E-state index is 12.4. The van der Waals surface area contributed by atoms with E-state index in [9.17, 15) is 4.79 Å². The molecule has 3 rings (SSSR count). The molecule has 0 unspecified atom stereocenters. The van der Waals surface area contributed by atoms with Crippen LogP contribution >= 0.6 is 0 Å². The van der Waals surface area contributed by atoms with Crippen LogP contribution in [0.1, 0.15) is 12.8 Å². The van der Waals surface area contributed by atoms with E-state index < -0.39 is 0 Å². The van der Waals surface area contributed by atoms with Crippen LogP contribution in [0.2, 0.25) is 0 Å². The fraction of sp³-hybridized carbons (Fsp3) is 0.350. The number of ether oxygens (including phenoxy) is 2. The van der Waals surface area contributed by atoms with Gasteiger partial charge in [0.2, 0.25) is 5.91 Å². The van der Waals surface area contributed by atoms with E-state index in [0.717, 1.165) is 31.7 Å². The maximum absolute atomic E-state index is 12.4. The molecule has 5 heteroatoms. The monoisotopic (exact) mass is 340 g/mol. The normalized spacial score (nSPS) is 16.9. The molecule has 2 aromatic carbocycles. The quantitative estimate of drug-likeness (QED) is 0.761.